The predicted molar refractivity (Wildman–Crippen MR) is 126 cm³/mol. The third kappa shape index (κ3) is 4.58. The lowest BCUT2D eigenvalue weighted by Crippen LogP contribution is -2.47. The van der Waals surface area contributed by atoms with Crippen molar-refractivity contribution in [1.82, 2.24) is 18.6 Å². The second-order valence-electron chi connectivity index (χ2n) is 9.62. The van der Waals surface area contributed by atoms with Crippen molar-refractivity contribution in [3.63, 3.8) is 0 Å². The molecule has 0 spiro atoms. The van der Waals surface area contributed by atoms with Gasteiger partial charge in [0.05, 0.1) is 18.6 Å². The number of aromatic nitrogens is 2. The van der Waals surface area contributed by atoms with E-state index in [0.717, 1.165) is 42.1 Å². The monoisotopic (exact) mass is 457 g/mol. The fourth-order valence-electron chi connectivity index (χ4n) is 5.71. The average molecular weight is 458 g/mol. The SMILES string of the molecule is O=S(=O)(N1CCCC1)N1Cc2ccccc2N(Cc2cnc[nH]2)[C@H](CCC2CCCC2)C1. The van der Waals surface area contributed by atoms with Crippen LogP contribution in [0, 0.1) is 5.92 Å². The molecule has 2 aromatic rings. The van der Waals surface area contributed by atoms with E-state index in [4.69, 9.17) is 0 Å². The molecule has 1 N–H and O–H groups in total. The normalized spacial score (nSPS) is 23.5. The van der Waals surface area contributed by atoms with Crippen LogP contribution < -0.4 is 4.90 Å². The van der Waals surface area contributed by atoms with Crippen LogP contribution >= 0.6 is 0 Å². The van der Waals surface area contributed by atoms with Gasteiger partial charge in [-0.3, -0.25) is 0 Å². The van der Waals surface area contributed by atoms with Gasteiger partial charge in [-0.1, -0.05) is 43.9 Å². The predicted octanol–water partition coefficient (Wildman–Crippen LogP) is 3.91. The Hall–Kier alpha value is -1.90. The van der Waals surface area contributed by atoms with Crippen molar-refractivity contribution in [2.45, 2.75) is 70.5 Å². The Labute approximate surface area is 192 Å². The molecule has 1 aromatic heterocycles. The molecule has 1 atom stereocenters. The molecule has 174 valence electrons. The Morgan fingerprint density at radius 1 is 1.00 bits per heavy atom. The Kier molecular flexibility index (Phi) is 6.53. The quantitative estimate of drug-likeness (QED) is 0.684. The van der Waals surface area contributed by atoms with E-state index in [-0.39, 0.29) is 6.04 Å². The Balaban J connectivity index is 1.48. The molecule has 8 heteroatoms. The number of H-pyrrole nitrogens is 1. The van der Waals surface area contributed by atoms with Gasteiger partial charge in [-0.25, -0.2) is 4.98 Å². The molecule has 0 amide bonds. The van der Waals surface area contributed by atoms with Crippen LogP contribution in [0.1, 0.15) is 62.6 Å². The molecule has 7 nitrogen and oxygen atoms in total. The maximum Gasteiger partial charge on any atom is 0.282 e. The number of imidazole rings is 1. The average Bonchev–Trinajstić information content (AvgIpc) is 3.57. The molecular formula is C24H35N5O2S. The van der Waals surface area contributed by atoms with Crippen molar-refractivity contribution in [2.24, 2.45) is 5.92 Å². The van der Waals surface area contributed by atoms with E-state index in [9.17, 15) is 8.42 Å². The van der Waals surface area contributed by atoms with Gasteiger partial charge >= 0.3 is 0 Å². The number of hydrogen-bond acceptors (Lipinski definition) is 4. The molecule has 32 heavy (non-hydrogen) atoms. The molecule has 1 aromatic carbocycles. The molecule has 5 rings (SSSR count). The highest BCUT2D eigenvalue weighted by atomic mass is 32.2. The van der Waals surface area contributed by atoms with Gasteiger partial charge < -0.3 is 9.88 Å². The van der Waals surface area contributed by atoms with Gasteiger partial charge in [-0.2, -0.15) is 17.0 Å². The summed E-state index contributed by atoms with van der Waals surface area (Å²) < 4.78 is 30.6. The highest BCUT2D eigenvalue weighted by Gasteiger charge is 2.37. The number of anilines is 1. The number of hydrogen-bond donors (Lipinski definition) is 1. The van der Waals surface area contributed by atoms with Gasteiger partial charge in [0.15, 0.2) is 0 Å². The molecule has 0 unspecified atom stereocenters. The zero-order valence-electron chi connectivity index (χ0n) is 18.8. The van der Waals surface area contributed by atoms with Gasteiger partial charge in [-0.15, -0.1) is 0 Å². The van der Waals surface area contributed by atoms with Crippen LogP contribution in [-0.2, 0) is 23.3 Å². The summed E-state index contributed by atoms with van der Waals surface area (Å²) in [6.45, 7) is 2.98. The summed E-state index contributed by atoms with van der Waals surface area (Å²) in [6.07, 6.45) is 13.0. The maximum atomic E-state index is 13.6. The summed E-state index contributed by atoms with van der Waals surface area (Å²) in [5, 5.41) is 0. The molecule has 1 saturated carbocycles. The minimum absolute atomic E-state index is 0.139. The molecule has 1 aliphatic carbocycles. The highest BCUT2D eigenvalue weighted by Crippen LogP contribution is 2.35. The van der Waals surface area contributed by atoms with Crippen LogP contribution in [0.4, 0.5) is 5.69 Å². The van der Waals surface area contributed by atoms with Crippen molar-refractivity contribution in [3.05, 3.63) is 48.0 Å². The summed E-state index contributed by atoms with van der Waals surface area (Å²) in [5.74, 6) is 0.783. The number of rotatable bonds is 7. The Morgan fingerprint density at radius 2 is 1.78 bits per heavy atom. The number of benzene rings is 1. The van der Waals surface area contributed by atoms with Gasteiger partial charge in [0.25, 0.3) is 10.2 Å². The molecule has 2 aliphatic heterocycles. The van der Waals surface area contributed by atoms with E-state index in [0.29, 0.717) is 32.7 Å². The van der Waals surface area contributed by atoms with Crippen LogP contribution in [0.3, 0.4) is 0 Å². The van der Waals surface area contributed by atoms with Crippen LogP contribution in [0.25, 0.3) is 0 Å². The van der Waals surface area contributed by atoms with Crippen LogP contribution in [0.2, 0.25) is 0 Å². The summed E-state index contributed by atoms with van der Waals surface area (Å²) >= 11 is 0. The van der Waals surface area contributed by atoms with E-state index in [1.54, 1.807) is 14.9 Å². The minimum Gasteiger partial charge on any atom is -0.361 e. The first-order valence-corrected chi connectivity index (χ1v) is 13.6. The third-order valence-electron chi connectivity index (χ3n) is 7.50. The lowest BCUT2D eigenvalue weighted by Gasteiger charge is -2.35. The Morgan fingerprint density at radius 3 is 2.53 bits per heavy atom. The molecule has 0 bridgehead atoms. The third-order valence-corrected chi connectivity index (χ3v) is 9.45. The molecule has 0 radical (unpaired) electrons. The second kappa shape index (κ2) is 9.53. The number of aromatic amines is 1. The minimum atomic E-state index is -3.46. The first-order chi connectivity index (χ1) is 15.6. The molecular weight excluding hydrogens is 422 g/mol. The smallest absolute Gasteiger partial charge is 0.282 e. The fourth-order valence-corrected chi connectivity index (χ4v) is 7.42. The van der Waals surface area contributed by atoms with Crippen molar-refractivity contribution >= 4 is 15.9 Å². The summed E-state index contributed by atoms with van der Waals surface area (Å²) in [6, 6.07) is 8.46. The van der Waals surface area contributed by atoms with E-state index < -0.39 is 10.2 Å². The van der Waals surface area contributed by atoms with Gasteiger partial charge in [-0.05, 0) is 43.2 Å². The molecule has 3 heterocycles. The summed E-state index contributed by atoms with van der Waals surface area (Å²) in [5.41, 5.74) is 3.29. The lowest BCUT2D eigenvalue weighted by atomic mass is 9.97. The number of para-hydroxylation sites is 1. The van der Waals surface area contributed by atoms with Crippen LogP contribution in [0.15, 0.2) is 36.8 Å². The van der Waals surface area contributed by atoms with E-state index in [2.05, 4.69) is 33.1 Å². The van der Waals surface area contributed by atoms with E-state index >= 15 is 0 Å². The van der Waals surface area contributed by atoms with Crippen molar-refractivity contribution in [1.29, 1.82) is 0 Å². The summed E-state index contributed by atoms with van der Waals surface area (Å²) in [4.78, 5) is 9.89. The molecule has 3 aliphatic rings. The maximum absolute atomic E-state index is 13.6. The van der Waals surface area contributed by atoms with Crippen molar-refractivity contribution in [3.8, 4) is 0 Å². The molecule has 1 saturated heterocycles. The van der Waals surface area contributed by atoms with E-state index in [1.165, 1.54) is 32.1 Å². The second-order valence-corrected chi connectivity index (χ2v) is 11.6. The highest BCUT2D eigenvalue weighted by molar-refractivity contribution is 7.86. The number of fused-ring (bicyclic) bond motifs is 1. The Bertz CT molecular complexity index is 982. The van der Waals surface area contributed by atoms with Crippen LogP contribution in [0.5, 0.6) is 0 Å². The number of nitrogens with one attached hydrogen (secondary N) is 1. The van der Waals surface area contributed by atoms with Gasteiger partial charge in [0, 0.05) is 44.1 Å². The zero-order valence-corrected chi connectivity index (χ0v) is 19.6. The van der Waals surface area contributed by atoms with Gasteiger partial charge in [0.1, 0.15) is 0 Å². The largest absolute Gasteiger partial charge is 0.361 e. The zero-order chi connectivity index (χ0) is 22.0. The fraction of sp³-hybridized carbons (Fsp3) is 0.625. The summed E-state index contributed by atoms with van der Waals surface area (Å²) in [7, 11) is -3.46. The lowest BCUT2D eigenvalue weighted by molar-refractivity contribution is 0.324. The molecule has 2 fully saturated rings. The van der Waals surface area contributed by atoms with E-state index in [1.807, 2.05) is 12.3 Å². The van der Waals surface area contributed by atoms with Gasteiger partial charge in [0.2, 0.25) is 0 Å². The number of nitrogens with zero attached hydrogens (tertiary/aromatic N) is 4. The van der Waals surface area contributed by atoms with Crippen molar-refractivity contribution < 1.29 is 8.42 Å². The first kappa shape index (κ1) is 21.9. The van der Waals surface area contributed by atoms with Crippen LogP contribution in [-0.4, -0.2) is 52.7 Å². The standard InChI is InChI=1S/C24H35N5O2S/c30-32(31,27-13-5-6-14-27)28-16-21-9-3-4-10-24(21)29(17-22-15-25-19-26-22)23(18-28)12-11-20-7-1-2-8-20/h3-4,9-10,15,19-20,23H,1-2,5-8,11-14,16-18H2,(H,25,26)/t23-/m1/s1. The van der Waals surface area contributed by atoms with Crippen molar-refractivity contribution in [2.75, 3.05) is 24.5 Å². The topological polar surface area (TPSA) is 72.5 Å². The first-order valence-electron chi connectivity index (χ1n) is 12.2.